The minimum absolute atomic E-state index is 0.214. The van der Waals surface area contributed by atoms with E-state index >= 15 is 0 Å². The Morgan fingerprint density at radius 3 is 2.14 bits per heavy atom. The highest BCUT2D eigenvalue weighted by molar-refractivity contribution is 5.87. The van der Waals surface area contributed by atoms with Crippen LogP contribution in [0.25, 0.3) is 0 Å². The third kappa shape index (κ3) is 1.16. The highest BCUT2D eigenvalue weighted by atomic mass is 16.1. The molecule has 0 heterocycles. The standard InChI is InChI=1S/C11H14N2O/c12-9-4-2-8(3-5-9)11(10(13)14)6-1-7-11/h2-5H,1,6-7,12H2,(H2,13,14). The second-order valence-electron chi connectivity index (χ2n) is 3.92. The Morgan fingerprint density at radius 2 is 1.79 bits per heavy atom. The lowest BCUT2D eigenvalue weighted by Gasteiger charge is -2.39. The van der Waals surface area contributed by atoms with E-state index in [2.05, 4.69) is 0 Å². The Hall–Kier alpha value is -1.51. The van der Waals surface area contributed by atoms with Crippen molar-refractivity contribution >= 4 is 11.6 Å². The summed E-state index contributed by atoms with van der Waals surface area (Å²) in [4.78, 5) is 11.4. The molecule has 3 nitrogen and oxygen atoms in total. The number of carbonyl (C=O) groups excluding carboxylic acids is 1. The van der Waals surface area contributed by atoms with Crippen molar-refractivity contribution in [3.8, 4) is 0 Å². The van der Waals surface area contributed by atoms with Crippen molar-refractivity contribution < 1.29 is 4.79 Å². The van der Waals surface area contributed by atoms with Gasteiger partial charge in [-0.1, -0.05) is 18.6 Å². The summed E-state index contributed by atoms with van der Waals surface area (Å²) in [6.07, 6.45) is 2.81. The van der Waals surface area contributed by atoms with Gasteiger partial charge in [0.05, 0.1) is 5.41 Å². The van der Waals surface area contributed by atoms with E-state index in [1.807, 2.05) is 24.3 Å². The fourth-order valence-corrected chi connectivity index (χ4v) is 2.01. The topological polar surface area (TPSA) is 69.1 Å². The number of amides is 1. The van der Waals surface area contributed by atoms with Crippen LogP contribution in [0.5, 0.6) is 0 Å². The summed E-state index contributed by atoms with van der Waals surface area (Å²) in [6.45, 7) is 0. The van der Waals surface area contributed by atoms with Gasteiger partial charge in [-0.05, 0) is 30.5 Å². The molecule has 4 N–H and O–H groups in total. The quantitative estimate of drug-likeness (QED) is 0.687. The normalized spacial score (nSPS) is 18.6. The van der Waals surface area contributed by atoms with Crippen molar-refractivity contribution in [3.05, 3.63) is 29.8 Å². The molecule has 3 heteroatoms. The lowest BCUT2D eigenvalue weighted by atomic mass is 9.64. The molecule has 0 saturated heterocycles. The van der Waals surface area contributed by atoms with Crippen molar-refractivity contribution in [3.63, 3.8) is 0 Å². The van der Waals surface area contributed by atoms with Gasteiger partial charge in [-0.15, -0.1) is 0 Å². The molecule has 0 aromatic heterocycles. The van der Waals surface area contributed by atoms with Crippen LogP contribution in [-0.2, 0) is 10.2 Å². The minimum atomic E-state index is -0.409. The minimum Gasteiger partial charge on any atom is -0.399 e. The number of carbonyl (C=O) groups is 1. The van der Waals surface area contributed by atoms with Crippen LogP contribution in [0.1, 0.15) is 24.8 Å². The van der Waals surface area contributed by atoms with Gasteiger partial charge < -0.3 is 11.5 Å². The predicted octanol–water partition coefficient (Wildman–Crippen LogP) is 1.18. The van der Waals surface area contributed by atoms with E-state index in [1.54, 1.807) is 0 Å². The van der Waals surface area contributed by atoms with Crippen LogP contribution < -0.4 is 11.5 Å². The zero-order chi connectivity index (χ0) is 10.2. The molecule has 1 fully saturated rings. The van der Waals surface area contributed by atoms with Crippen LogP contribution in [-0.4, -0.2) is 5.91 Å². The van der Waals surface area contributed by atoms with E-state index in [0.29, 0.717) is 5.69 Å². The second kappa shape index (κ2) is 3.01. The molecule has 1 saturated carbocycles. The van der Waals surface area contributed by atoms with E-state index in [-0.39, 0.29) is 5.91 Å². The molecular formula is C11H14N2O. The first-order chi connectivity index (χ1) is 6.65. The van der Waals surface area contributed by atoms with Gasteiger partial charge in [0.2, 0.25) is 5.91 Å². The van der Waals surface area contributed by atoms with Gasteiger partial charge in [0.15, 0.2) is 0 Å². The molecule has 2 rings (SSSR count). The zero-order valence-electron chi connectivity index (χ0n) is 7.99. The fraction of sp³-hybridized carbons (Fsp3) is 0.364. The Kier molecular flexibility index (Phi) is 1.95. The number of nitrogens with two attached hydrogens (primary N) is 2. The molecule has 0 radical (unpaired) electrons. The Labute approximate surface area is 83.1 Å². The molecule has 0 unspecified atom stereocenters. The average Bonchev–Trinajstić information content (AvgIpc) is 2.05. The van der Waals surface area contributed by atoms with Crippen LogP contribution in [0.2, 0.25) is 0 Å². The molecular weight excluding hydrogens is 176 g/mol. The molecule has 1 aliphatic rings. The summed E-state index contributed by atoms with van der Waals surface area (Å²) in [5, 5.41) is 0. The third-order valence-electron chi connectivity index (χ3n) is 3.14. The van der Waals surface area contributed by atoms with Crippen LogP contribution in [0.3, 0.4) is 0 Å². The molecule has 1 aromatic rings. The maximum atomic E-state index is 11.4. The van der Waals surface area contributed by atoms with E-state index in [1.165, 1.54) is 0 Å². The summed E-state index contributed by atoms with van der Waals surface area (Å²) in [7, 11) is 0. The lowest BCUT2D eigenvalue weighted by molar-refractivity contribution is -0.126. The number of hydrogen-bond acceptors (Lipinski definition) is 2. The number of rotatable bonds is 2. The van der Waals surface area contributed by atoms with Crippen LogP contribution in [0.15, 0.2) is 24.3 Å². The van der Waals surface area contributed by atoms with Crippen LogP contribution in [0.4, 0.5) is 5.69 Å². The van der Waals surface area contributed by atoms with Gasteiger partial charge in [-0.25, -0.2) is 0 Å². The zero-order valence-corrected chi connectivity index (χ0v) is 7.99. The van der Waals surface area contributed by atoms with Gasteiger partial charge >= 0.3 is 0 Å². The van der Waals surface area contributed by atoms with E-state index in [0.717, 1.165) is 24.8 Å². The molecule has 0 aliphatic heterocycles. The Balaban J connectivity index is 2.37. The van der Waals surface area contributed by atoms with Crippen LogP contribution >= 0.6 is 0 Å². The number of anilines is 1. The van der Waals surface area contributed by atoms with Crippen molar-refractivity contribution in [1.29, 1.82) is 0 Å². The second-order valence-corrected chi connectivity index (χ2v) is 3.92. The van der Waals surface area contributed by atoms with Crippen molar-refractivity contribution in [2.45, 2.75) is 24.7 Å². The smallest absolute Gasteiger partial charge is 0.228 e. The van der Waals surface area contributed by atoms with Crippen molar-refractivity contribution in [1.82, 2.24) is 0 Å². The third-order valence-corrected chi connectivity index (χ3v) is 3.14. The molecule has 1 aliphatic carbocycles. The Morgan fingerprint density at radius 1 is 1.21 bits per heavy atom. The monoisotopic (exact) mass is 190 g/mol. The first kappa shape index (κ1) is 9.06. The van der Waals surface area contributed by atoms with Crippen LogP contribution in [0, 0.1) is 0 Å². The fourth-order valence-electron chi connectivity index (χ4n) is 2.01. The first-order valence-electron chi connectivity index (χ1n) is 4.81. The highest BCUT2D eigenvalue weighted by Crippen LogP contribution is 2.43. The van der Waals surface area contributed by atoms with E-state index in [4.69, 9.17) is 11.5 Å². The number of hydrogen-bond donors (Lipinski definition) is 2. The Bertz CT molecular complexity index is 352. The number of primary amides is 1. The van der Waals surface area contributed by atoms with Gasteiger partial charge in [-0.2, -0.15) is 0 Å². The summed E-state index contributed by atoms with van der Waals surface area (Å²) < 4.78 is 0. The molecule has 0 spiro atoms. The summed E-state index contributed by atoms with van der Waals surface area (Å²) in [5.74, 6) is -0.214. The molecule has 1 amide bonds. The predicted molar refractivity (Wildman–Crippen MR) is 55.6 cm³/mol. The molecule has 74 valence electrons. The SMILES string of the molecule is NC(=O)C1(c2ccc(N)cc2)CCC1. The average molecular weight is 190 g/mol. The van der Waals surface area contributed by atoms with Crippen molar-refractivity contribution in [2.24, 2.45) is 5.73 Å². The maximum Gasteiger partial charge on any atom is 0.228 e. The first-order valence-corrected chi connectivity index (χ1v) is 4.81. The van der Waals surface area contributed by atoms with Crippen molar-refractivity contribution in [2.75, 3.05) is 5.73 Å². The van der Waals surface area contributed by atoms with E-state index < -0.39 is 5.41 Å². The van der Waals surface area contributed by atoms with Gasteiger partial charge in [0.1, 0.15) is 0 Å². The van der Waals surface area contributed by atoms with Gasteiger partial charge in [-0.3, -0.25) is 4.79 Å². The number of benzene rings is 1. The van der Waals surface area contributed by atoms with Gasteiger partial charge in [0, 0.05) is 5.69 Å². The molecule has 0 bridgehead atoms. The maximum absolute atomic E-state index is 11.4. The molecule has 1 aromatic carbocycles. The molecule has 0 atom stereocenters. The summed E-state index contributed by atoms with van der Waals surface area (Å²) >= 11 is 0. The largest absolute Gasteiger partial charge is 0.399 e. The lowest BCUT2D eigenvalue weighted by Crippen LogP contribution is -2.46. The van der Waals surface area contributed by atoms with E-state index in [9.17, 15) is 4.79 Å². The molecule has 14 heavy (non-hydrogen) atoms. The summed E-state index contributed by atoms with van der Waals surface area (Å²) in [5.41, 5.74) is 12.3. The number of nitrogen functional groups attached to an aromatic ring is 1. The summed E-state index contributed by atoms with van der Waals surface area (Å²) in [6, 6.07) is 7.44. The highest BCUT2D eigenvalue weighted by Gasteiger charge is 2.43. The van der Waals surface area contributed by atoms with Gasteiger partial charge in [0.25, 0.3) is 0 Å².